The molecule has 2 heterocycles. The number of anilines is 1. The molecule has 8 nitrogen and oxygen atoms in total. The van der Waals surface area contributed by atoms with Crippen molar-refractivity contribution in [2.75, 3.05) is 19.0 Å². The third-order valence-electron chi connectivity index (χ3n) is 5.12. The summed E-state index contributed by atoms with van der Waals surface area (Å²) in [6.45, 7) is -0.293. The van der Waals surface area contributed by atoms with Crippen LogP contribution in [0.5, 0.6) is 11.5 Å². The molecule has 0 fully saturated rings. The fourth-order valence-electron chi connectivity index (χ4n) is 3.76. The second-order valence-corrected chi connectivity index (χ2v) is 8.24. The van der Waals surface area contributed by atoms with Gasteiger partial charge in [0.1, 0.15) is 4.88 Å². The van der Waals surface area contributed by atoms with Crippen LogP contribution in [0.4, 0.5) is 5.69 Å². The summed E-state index contributed by atoms with van der Waals surface area (Å²) in [5, 5.41) is 12.7. The number of nitrogens with two attached hydrogens (primary N) is 1. The van der Waals surface area contributed by atoms with Gasteiger partial charge < -0.3 is 25.6 Å². The van der Waals surface area contributed by atoms with Gasteiger partial charge in [-0.1, -0.05) is 36.4 Å². The number of carboxylic acid groups (broad SMARTS) is 1. The van der Waals surface area contributed by atoms with Crippen LogP contribution in [0.25, 0.3) is 11.1 Å². The van der Waals surface area contributed by atoms with Gasteiger partial charge >= 0.3 is 5.97 Å². The standard InChI is InChI=1S/C23H20N2O6S/c1-30-16-9-13(7-8-15(16)31-11-17(24)26)14-10-18(27)25-20-19(12-5-3-2-4-6-12)22(23(28)29)32-21(14)20/h2-9,14H,10-11H2,1H3,(H2,24,26)(H,25,27)(H,28,29). The van der Waals surface area contributed by atoms with E-state index in [4.69, 9.17) is 15.2 Å². The Morgan fingerprint density at radius 2 is 1.94 bits per heavy atom. The second kappa shape index (κ2) is 8.72. The molecule has 4 rings (SSSR count). The Morgan fingerprint density at radius 1 is 1.19 bits per heavy atom. The molecule has 0 spiro atoms. The lowest BCUT2D eigenvalue weighted by atomic mass is 9.88. The quantitative estimate of drug-likeness (QED) is 0.504. The number of thiophene rings is 1. The summed E-state index contributed by atoms with van der Waals surface area (Å²) < 4.78 is 10.8. The molecule has 0 bridgehead atoms. The molecule has 0 radical (unpaired) electrons. The fraction of sp³-hybridized carbons (Fsp3) is 0.174. The maximum Gasteiger partial charge on any atom is 0.346 e. The zero-order chi connectivity index (χ0) is 22.8. The Labute approximate surface area is 187 Å². The van der Waals surface area contributed by atoms with Gasteiger partial charge in [-0.05, 0) is 23.3 Å². The number of carboxylic acids is 1. The first kappa shape index (κ1) is 21.4. The van der Waals surface area contributed by atoms with Crippen molar-refractivity contribution in [2.45, 2.75) is 12.3 Å². The molecule has 1 atom stereocenters. The molecule has 0 aliphatic carbocycles. The first-order chi connectivity index (χ1) is 15.4. The summed E-state index contributed by atoms with van der Waals surface area (Å²) >= 11 is 1.15. The van der Waals surface area contributed by atoms with Crippen LogP contribution in [-0.4, -0.2) is 36.6 Å². The Morgan fingerprint density at radius 3 is 2.59 bits per heavy atom. The van der Waals surface area contributed by atoms with E-state index in [1.165, 1.54) is 7.11 Å². The van der Waals surface area contributed by atoms with E-state index in [1.54, 1.807) is 18.2 Å². The summed E-state index contributed by atoms with van der Waals surface area (Å²) in [4.78, 5) is 36.6. The Hall–Kier alpha value is -3.85. The van der Waals surface area contributed by atoms with E-state index in [-0.39, 0.29) is 29.7 Å². The predicted octanol–water partition coefficient (Wildman–Crippen LogP) is 3.46. The Balaban J connectivity index is 1.81. The van der Waals surface area contributed by atoms with Crippen LogP contribution in [0.1, 0.15) is 32.5 Å². The van der Waals surface area contributed by atoms with Crippen molar-refractivity contribution in [3.63, 3.8) is 0 Å². The van der Waals surface area contributed by atoms with Crippen LogP contribution in [0.3, 0.4) is 0 Å². The van der Waals surface area contributed by atoms with Crippen LogP contribution in [0.2, 0.25) is 0 Å². The van der Waals surface area contributed by atoms with E-state index in [2.05, 4.69) is 5.32 Å². The molecule has 2 amide bonds. The van der Waals surface area contributed by atoms with Crippen molar-refractivity contribution in [2.24, 2.45) is 5.73 Å². The maximum absolute atomic E-state index is 12.6. The van der Waals surface area contributed by atoms with Gasteiger partial charge in [-0.15, -0.1) is 11.3 Å². The molecule has 4 N–H and O–H groups in total. The number of ether oxygens (including phenoxy) is 2. The molecule has 2 aromatic carbocycles. The van der Waals surface area contributed by atoms with Crippen LogP contribution in [0.15, 0.2) is 48.5 Å². The van der Waals surface area contributed by atoms with Gasteiger partial charge in [-0.2, -0.15) is 0 Å². The van der Waals surface area contributed by atoms with Crippen LogP contribution in [-0.2, 0) is 9.59 Å². The van der Waals surface area contributed by atoms with Crippen molar-refractivity contribution in [3.05, 3.63) is 63.8 Å². The molecule has 9 heteroatoms. The smallest absolute Gasteiger partial charge is 0.346 e. The third kappa shape index (κ3) is 4.02. The molecular formula is C23H20N2O6S. The van der Waals surface area contributed by atoms with E-state index in [0.717, 1.165) is 27.3 Å². The van der Waals surface area contributed by atoms with Gasteiger partial charge in [0.2, 0.25) is 5.91 Å². The average Bonchev–Trinajstić information content (AvgIpc) is 3.17. The molecule has 32 heavy (non-hydrogen) atoms. The highest BCUT2D eigenvalue weighted by Crippen LogP contribution is 2.50. The minimum absolute atomic E-state index is 0.158. The van der Waals surface area contributed by atoms with Gasteiger partial charge in [0.05, 0.1) is 12.8 Å². The highest BCUT2D eigenvalue weighted by molar-refractivity contribution is 7.15. The first-order valence-electron chi connectivity index (χ1n) is 9.73. The molecule has 1 aliphatic heterocycles. The fourth-order valence-corrected chi connectivity index (χ4v) is 5.00. The van der Waals surface area contributed by atoms with E-state index in [0.29, 0.717) is 22.7 Å². The minimum Gasteiger partial charge on any atom is -0.493 e. The number of carbonyl (C=O) groups is 3. The highest BCUT2D eigenvalue weighted by atomic mass is 32.1. The number of hydrogen-bond acceptors (Lipinski definition) is 6. The lowest BCUT2D eigenvalue weighted by Gasteiger charge is -2.24. The lowest BCUT2D eigenvalue weighted by Crippen LogP contribution is -2.22. The number of aromatic carboxylic acids is 1. The zero-order valence-corrected chi connectivity index (χ0v) is 17.9. The SMILES string of the molecule is COc1cc(C2CC(=O)Nc3c2sc(C(=O)O)c3-c2ccccc2)ccc1OCC(N)=O. The number of amides is 2. The van der Waals surface area contributed by atoms with Crippen molar-refractivity contribution >= 4 is 34.8 Å². The second-order valence-electron chi connectivity index (χ2n) is 7.19. The Bertz CT molecular complexity index is 1200. The normalized spacial score (nSPS) is 14.9. The van der Waals surface area contributed by atoms with E-state index in [9.17, 15) is 19.5 Å². The van der Waals surface area contributed by atoms with E-state index in [1.807, 2.05) is 30.3 Å². The zero-order valence-electron chi connectivity index (χ0n) is 17.1. The number of nitrogens with one attached hydrogen (secondary N) is 1. The predicted molar refractivity (Wildman–Crippen MR) is 119 cm³/mol. The first-order valence-corrected chi connectivity index (χ1v) is 10.5. The number of rotatable bonds is 7. The molecule has 1 unspecified atom stereocenters. The van der Waals surface area contributed by atoms with Crippen molar-refractivity contribution in [1.82, 2.24) is 0 Å². The molecule has 0 saturated carbocycles. The van der Waals surface area contributed by atoms with Gasteiger partial charge in [0.25, 0.3) is 5.91 Å². The van der Waals surface area contributed by atoms with Crippen molar-refractivity contribution in [3.8, 4) is 22.6 Å². The third-order valence-corrected chi connectivity index (χ3v) is 6.41. The number of carbonyl (C=O) groups excluding carboxylic acids is 2. The molecule has 1 aliphatic rings. The van der Waals surface area contributed by atoms with Crippen LogP contribution in [0, 0.1) is 0 Å². The van der Waals surface area contributed by atoms with Crippen molar-refractivity contribution < 1.29 is 29.0 Å². The molecular weight excluding hydrogens is 432 g/mol. The minimum atomic E-state index is -1.05. The summed E-state index contributed by atoms with van der Waals surface area (Å²) in [5.74, 6) is -1.50. The van der Waals surface area contributed by atoms with Crippen LogP contribution < -0.4 is 20.5 Å². The molecule has 0 saturated heterocycles. The van der Waals surface area contributed by atoms with Crippen molar-refractivity contribution in [1.29, 1.82) is 0 Å². The highest BCUT2D eigenvalue weighted by Gasteiger charge is 2.34. The number of benzene rings is 2. The maximum atomic E-state index is 12.6. The summed E-state index contributed by atoms with van der Waals surface area (Å²) in [6, 6.07) is 14.3. The van der Waals surface area contributed by atoms with Crippen LogP contribution >= 0.6 is 11.3 Å². The number of fused-ring (bicyclic) bond motifs is 1. The summed E-state index contributed by atoms with van der Waals surface area (Å²) in [6.07, 6.45) is 0.158. The monoisotopic (exact) mass is 452 g/mol. The van der Waals surface area contributed by atoms with Gasteiger partial charge in [0.15, 0.2) is 18.1 Å². The van der Waals surface area contributed by atoms with E-state index >= 15 is 0 Å². The lowest BCUT2D eigenvalue weighted by molar-refractivity contribution is -0.120. The average molecular weight is 452 g/mol. The molecule has 3 aromatic rings. The molecule has 1 aromatic heterocycles. The summed E-state index contributed by atoms with van der Waals surface area (Å²) in [5.41, 5.74) is 7.65. The number of primary amides is 1. The molecule has 164 valence electrons. The topological polar surface area (TPSA) is 128 Å². The number of hydrogen-bond donors (Lipinski definition) is 3. The number of methoxy groups -OCH3 is 1. The van der Waals surface area contributed by atoms with E-state index < -0.39 is 11.9 Å². The van der Waals surface area contributed by atoms with Gasteiger partial charge in [-0.25, -0.2) is 4.79 Å². The summed E-state index contributed by atoms with van der Waals surface area (Å²) in [7, 11) is 1.47. The van der Waals surface area contributed by atoms with Gasteiger partial charge in [0, 0.05) is 22.8 Å². The van der Waals surface area contributed by atoms with Gasteiger partial charge in [-0.3, -0.25) is 9.59 Å². The largest absolute Gasteiger partial charge is 0.493 e. The Kier molecular flexibility index (Phi) is 5.83.